The number of hydrogen-bond acceptors (Lipinski definition) is 3. The van der Waals surface area contributed by atoms with Gasteiger partial charge < -0.3 is 5.32 Å². The summed E-state index contributed by atoms with van der Waals surface area (Å²) in [6, 6.07) is 18.7. The van der Waals surface area contributed by atoms with E-state index in [9.17, 15) is 0 Å². The Hall–Kier alpha value is -2.20. The second kappa shape index (κ2) is 6.50. The van der Waals surface area contributed by atoms with Crippen LogP contribution in [0.1, 0.15) is 5.56 Å². The third-order valence-electron chi connectivity index (χ3n) is 3.30. The Labute approximate surface area is 129 Å². The van der Waals surface area contributed by atoms with Gasteiger partial charge in [-0.3, -0.25) is 0 Å². The van der Waals surface area contributed by atoms with Crippen molar-refractivity contribution in [3.63, 3.8) is 0 Å². The summed E-state index contributed by atoms with van der Waals surface area (Å²) in [5.74, 6) is 0. The summed E-state index contributed by atoms with van der Waals surface area (Å²) in [5.41, 5.74) is 3.51. The molecule has 0 fully saturated rings. The van der Waals surface area contributed by atoms with E-state index in [-0.39, 0.29) is 0 Å². The predicted molar refractivity (Wildman–Crippen MR) is 89.1 cm³/mol. The zero-order valence-electron chi connectivity index (χ0n) is 11.9. The van der Waals surface area contributed by atoms with E-state index in [2.05, 4.69) is 65.2 Å². The van der Waals surface area contributed by atoms with Gasteiger partial charge in [-0.15, -0.1) is 11.8 Å². The van der Waals surface area contributed by atoms with Crippen molar-refractivity contribution in [2.45, 2.75) is 11.4 Å². The molecule has 0 aliphatic carbocycles. The van der Waals surface area contributed by atoms with Crippen LogP contribution < -0.4 is 5.32 Å². The fourth-order valence-corrected chi connectivity index (χ4v) is 2.75. The average Bonchev–Trinajstić information content (AvgIpc) is 3.08. The molecule has 0 aliphatic rings. The molecule has 1 heterocycles. The molecule has 0 unspecified atom stereocenters. The number of anilines is 1. The smallest absolute Gasteiger partial charge is 0.0645 e. The SMILES string of the molecule is CSc1ccccc1NCc1ccc(-n2cccn2)cc1. The first-order chi connectivity index (χ1) is 10.4. The molecule has 1 N–H and O–H groups in total. The van der Waals surface area contributed by atoms with Crippen molar-refractivity contribution in [3.05, 3.63) is 72.6 Å². The van der Waals surface area contributed by atoms with Crippen LogP contribution in [-0.4, -0.2) is 16.0 Å². The Bertz CT molecular complexity index is 690. The molecule has 21 heavy (non-hydrogen) atoms. The molecule has 3 nitrogen and oxygen atoms in total. The number of aromatic nitrogens is 2. The van der Waals surface area contributed by atoms with Crippen molar-refractivity contribution < 1.29 is 0 Å². The summed E-state index contributed by atoms with van der Waals surface area (Å²) in [5, 5.41) is 7.72. The molecule has 0 saturated heterocycles. The molecule has 3 rings (SSSR count). The van der Waals surface area contributed by atoms with E-state index in [0.29, 0.717) is 0 Å². The van der Waals surface area contributed by atoms with Crippen LogP contribution in [0.3, 0.4) is 0 Å². The molecular weight excluding hydrogens is 278 g/mol. The van der Waals surface area contributed by atoms with Crippen LogP contribution >= 0.6 is 11.8 Å². The fraction of sp³-hybridized carbons (Fsp3) is 0.118. The summed E-state index contributed by atoms with van der Waals surface area (Å²) >= 11 is 1.76. The largest absolute Gasteiger partial charge is 0.380 e. The van der Waals surface area contributed by atoms with Crippen LogP contribution in [0, 0.1) is 0 Å². The second-order valence-corrected chi connectivity index (χ2v) is 5.52. The van der Waals surface area contributed by atoms with Gasteiger partial charge in [-0.1, -0.05) is 24.3 Å². The van der Waals surface area contributed by atoms with Gasteiger partial charge in [-0.2, -0.15) is 5.10 Å². The minimum absolute atomic E-state index is 0.816. The van der Waals surface area contributed by atoms with Crippen LogP contribution in [0.5, 0.6) is 0 Å². The first-order valence-electron chi connectivity index (χ1n) is 6.82. The molecule has 0 atom stereocenters. The van der Waals surface area contributed by atoms with Crippen molar-refractivity contribution in [2.24, 2.45) is 0 Å². The van der Waals surface area contributed by atoms with Gasteiger partial charge in [0.1, 0.15) is 0 Å². The van der Waals surface area contributed by atoms with Gasteiger partial charge in [0.2, 0.25) is 0 Å². The molecule has 0 spiro atoms. The topological polar surface area (TPSA) is 29.9 Å². The third-order valence-corrected chi connectivity index (χ3v) is 4.09. The number of para-hydroxylation sites is 1. The van der Waals surface area contributed by atoms with E-state index in [0.717, 1.165) is 12.2 Å². The van der Waals surface area contributed by atoms with E-state index >= 15 is 0 Å². The van der Waals surface area contributed by atoms with E-state index in [1.807, 2.05) is 16.9 Å². The number of rotatable bonds is 5. The lowest BCUT2D eigenvalue weighted by Crippen LogP contribution is -2.01. The molecule has 2 aromatic carbocycles. The summed E-state index contributed by atoms with van der Waals surface area (Å²) in [7, 11) is 0. The number of hydrogen-bond donors (Lipinski definition) is 1. The first kappa shape index (κ1) is 13.8. The Morgan fingerprint density at radius 1 is 1.05 bits per heavy atom. The first-order valence-corrected chi connectivity index (χ1v) is 8.05. The standard InChI is InChI=1S/C17H17N3S/c1-21-17-6-3-2-5-16(17)18-13-14-7-9-15(10-8-14)20-12-4-11-19-20/h2-12,18H,13H2,1H3. The van der Waals surface area contributed by atoms with Gasteiger partial charge in [0, 0.05) is 29.5 Å². The van der Waals surface area contributed by atoms with Gasteiger partial charge in [-0.25, -0.2) is 4.68 Å². The molecular formula is C17H17N3S. The monoisotopic (exact) mass is 295 g/mol. The van der Waals surface area contributed by atoms with Crippen molar-refractivity contribution in [1.82, 2.24) is 9.78 Å². The molecule has 0 bridgehead atoms. The highest BCUT2D eigenvalue weighted by Gasteiger charge is 2.01. The molecule has 3 aromatic rings. The van der Waals surface area contributed by atoms with E-state index in [4.69, 9.17) is 0 Å². The third kappa shape index (κ3) is 3.28. The lowest BCUT2D eigenvalue weighted by Gasteiger charge is -2.11. The van der Waals surface area contributed by atoms with Gasteiger partial charge in [0.15, 0.2) is 0 Å². The van der Waals surface area contributed by atoms with E-state index < -0.39 is 0 Å². The van der Waals surface area contributed by atoms with Crippen LogP contribution in [0.4, 0.5) is 5.69 Å². The minimum Gasteiger partial charge on any atom is -0.380 e. The molecule has 1 aromatic heterocycles. The Kier molecular flexibility index (Phi) is 4.26. The van der Waals surface area contributed by atoms with Crippen molar-refractivity contribution in [3.8, 4) is 5.69 Å². The van der Waals surface area contributed by atoms with Gasteiger partial charge >= 0.3 is 0 Å². The van der Waals surface area contributed by atoms with Crippen LogP contribution in [0.15, 0.2) is 71.9 Å². The lowest BCUT2D eigenvalue weighted by molar-refractivity contribution is 0.879. The molecule has 4 heteroatoms. The number of thioether (sulfide) groups is 1. The van der Waals surface area contributed by atoms with Crippen molar-refractivity contribution in [2.75, 3.05) is 11.6 Å². The normalized spacial score (nSPS) is 10.5. The summed E-state index contributed by atoms with van der Waals surface area (Å²) < 4.78 is 1.86. The molecule has 0 radical (unpaired) electrons. The number of nitrogens with one attached hydrogen (secondary N) is 1. The van der Waals surface area contributed by atoms with Gasteiger partial charge in [-0.05, 0) is 42.2 Å². The minimum atomic E-state index is 0.816. The predicted octanol–water partition coefficient (Wildman–Crippen LogP) is 4.21. The van der Waals surface area contributed by atoms with E-state index in [1.165, 1.54) is 16.1 Å². The maximum Gasteiger partial charge on any atom is 0.0645 e. The Morgan fingerprint density at radius 3 is 2.57 bits per heavy atom. The maximum atomic E-state index is 4.23. The van der Waals surface area contributed by atoms with Crippen molar-refractivity contribution >= 4 is 17.4 Å². The van der Waals surface area contributed by atoms with E-state index in [1.54, 1.807) is 18.0 Å². The summed E-state index contributed by atoms with van der Waals surface area (Å²) in [4.78, 5) is 1.27. The van der Waals surface area contributed by atoms with Crippen LogP contribution in [0.25, 0.3) is 5.69 Å². The zero-order valence-corrected chi connectivity index (χ0v) is 12.7. The Morgan fingerprint density at radius 2 is 1.86 bits per heavy atom. The quantitative estimate of drug-likeness (QED) is 0.715. The lowest BCUT2D eigenvalue weighted by atomic mass is 10.2. The molecule has 0 amide bonds. The van der Waals surface area contributed by atoms with Gasteiger partial charge in [0.25, 0.3) is 0 Å². The molecule has 0 aliphatic heterocycles. The highest BCUT2D eigenvalue weighted by molar-refractivity contribution is 7.98. The molecule has 106 valence electrons. The van der Waals surface area contributed by atoms with Crippen LogP contribution in [-0.2, 0) is 6.54 Å². The van der Waals surface area contributed by atoms with Crippen molar-refractivity contribution in [1.29, 1.82) is 0 Å². The van der Waals surface area contributed by atoms with Crippen LogP contribution in [0.2, 0.25) is 0 Å². The summed E-state index contributed by atoms with van der Waals surface area (Å²) in [6.45, 7) is 0.816. The highest BCUT2D eigenvalue weighted by atomic mass is 32.2. The average molecular weight is 295 g/mol. The maximum absolute atomic E-state index is 4.23. The molecule has 0 saturated carbocycles. The second-order valence-electron chi connectivity index (χ2n) is 4.67. The number of nitrogens with zero attached hydrogens (tertiary/aromatic N) is 2. The van der Waals surface area contributed by atoms with Gasteiger partial charge in [0.05, 0.1) is 5.69 Å². The number of benzene rings is 2. The zero-order chi connectivity index (χ0) is 14.5. The highest BCUT2D eigenvalue weighted by Crippen LogP contribution is 2.25. The fourth-order valence-electron chi connectivity index (χ4n) is 2.18. The summed E-state index contributed by atoms with van der Waals surface area (Å²) in [6.07, 6.45) is 5.83. The Balaban J connectivity index is 1.68.